The molecule has 2 aromatic rings. The van der Waals surface area contributed by atoms with E-state index in [-0.39, 0.29) is 5.56 Å². The molecule has 0 bridgehead atoms. The van der Waals surface area contributed by atoms with Crippen LogP contribution < -0.4 is 15.2 Å². The molecule has 1 aliphatic heterocycles. The third kappa shape index (κ3) is 2.39. The van der Waals surface area contributed by atoms with Crippen LogP contribution >= 0.6 is 0 Å². The second kappa shape index (κ2) is 5.36. The number of aromatic nitrogens is 2. The molecule has 5 heteroatoms. The van der Waals surface area contributed by atoms with Gasteiger partial charge in [-0.25, -0.2) is 4.98 Å². The third-order valence-corrected chi connectivity index (χ3v) is 3.52. The maximum atomic E-state index is 11.9. The Morgan fingerprint density at radius 1 is 1.25 bits per heavy atom. The van der Waals surface area contributed by atoms with Gasteiger partial charge in [-0.05, 0) is 25.0 Å². The topological polar surface area (TPSA) is 58.2 Å². The highest BCUT2D eigenvalue weighted by molar-refractivity contribution is 5.67. The van der Waals surface area contributed by atoms with Gasteiger partial charge < -0.3 is 9.64 Å². The molecule has 5 nitrogen and oxygen atoms in total. The second-order valence-electron chi connectivity index (χ2n) is 4.85. The predicted molar refractivity (Wildman–Crippen MR) is 78.3 cm³/mol. The van der Waals surface area contributed by atoms with Crippen molar-refractivity contribution in [2.75, 3.05) is 25.1 Å². The third-order valence-electron chi connectivity index (χ3n) is 3.52. The number of H-pyrrole nitrogens is 1. The number of methoxy groups -OCH3 is 1. The van der Waals surface area contributed by atoms with E-state index in [1.54, 1.807) is 7.11 Å². The molecule has 1 N–H and O–H groups in total. The summed E-state index contributed by atoms with van der Waals surface area (Å²) < 4.78 is 5.34. The van der Waals surface area contributed by atoms with E-state index >= 15 is 0 Å². The van der Waals surface area contributed by atoms with Crippen LogP contribution in [0.1, 0.15) is 12.8 Å². The van der Waals surface area contributed by atoms with Crippen molar-refractivity contribution in [1.82, 2.24) is 9.97 Å². The predicted octanol–water partition coefficient (Wildman–Crippen LogP) is 2.05. The summed E-state index contributed by atoms with van der Waals surface area (Å²) in [4.78, 5) is 21.4. The summed E-state index contributed by atoms with van der Waals surface area (Å²) in [6.45, 7) is 1.89. The Morgan fingerprint density at radius 2 is 2.00 bits per heavy atom. The van der Waals surface area contributed by atoms with E-state index in [1.165, 1.54) is 6.07 Å². The van der Waals surface area contributed by atoms with E-state index in [0.717, 1.165) is 37.2 Å². The highest BCUT2D eigenvalue weighted by Crippen LogP contribution is 2.28. The van der Waals surface area contributed by atoms with Crippen LogP contribution in [0, 0.1) is 0 Å². The molecule has 20 heavy (non-hydrogen) atoms. The van der Waals surface area contributed by atoms with Crippen LogP contribution in [0.5, 0.6) is 5.75 Å². The minimum absolute atomic E-state index is 0.136. The van der Waals surface area contributed by atoms with Crippen LogP contribution in [0.15, 0.2) is 35.1 Å². The largest absolute Gasteiger partial charge is 0.496 e. The summed E-state index contributed by atoms with van der Waals surface area (Å²) in [6.07, 6.45) is 2.28. The lowest BCUT2D eigenvalue weighted by Gasteiger charge is -2.16. The Bertz CT molecular complexity index is 660. The van der Waals surface area contributed by atoms with Crippen molar-refractivity contribution in [2.45, 2.75) is 12.8 Å². The quantitative estimate of drug-likeness (QED) is 0.928. The average Bonchev–Trinajstić information content (AvgIpc) is 3.01. The minimum atomic E-state index is -0.136. The highest BCUT2D eigenvalue weighted by atomic mass is 16.5. The molecule has 0 atom stereocenters. The van der Waals surface area contributed by atoms with Gasteiger partial charge >= 0.3 is 0 Å². The van der Waals surface area contributed by atoms with Crippen LogP contribution in [0.3, 0.4) is 0 Å². The van der Waals surface area contributed by atoms with Crippen LogP contribution in [0.2, 0.25) is 0 Å². The first-order valence-electron chi connectivity index (χ1n) is 6.77. The van der Waals surface area contributed by atoms with E-state index in [9.17, 15) is 4.79 Å². The van der Waals surface area contributed by atoms with Gasteiger partial charge in [0.25, 0.3) is 5.56 Å². The van der Waals surface area contributed by atoms with Crippen LogP contribution in [0.25, 0.3) is 11.3 Å². The highest BCUT2D eigenvalue weighted by Gasteiger charge is 2.16. The smallest absolute Gasteiger partial charge is 0.252 e. The summed E-state index contributed by atoms with van der Waals surface area (Å²) in [6, 6.07) is 9.10. The molecule has 104 valence electrons. The maximum absolute atomic E-state index is 11.9. The number of aromatic amines is 1. The second-order valence-corrected chi connectivity index (χ2v) is 4.85. The van der Waals surface area contributed by atoms with Crippen molar-refractivity contribution in [2.24, 2.45) is 0 Å². The fourth-order valence-corrected chi connectivity index (χ4v) is 2.52. The van der Waals surface area contributed by atoms with Gasteiger partial charge in [0.1, 0.15) is 5.75 Å². The molecule has 0 saturated carbocycles. The number of rotatable bonds is 3. The number of anilines is 1. The van der Waals surface area contributed by atoms with Gasteiger partial charge in [-0.1, -0.05) is 12.1 Å². The van der Waals surface area contributed by atoms with Gasteiger partial charge in [0.2, 0.25) is 5.95 Å². The molecular weight excluding hydrogens is 254 g/mol. The number of nitrogens with one attached hydrogen (secondary N) is 1. The van der Waals surface area contributed by atoms with Crippen LogP contribution in [-0.4, -0.2) is 30.2 Å². The van der Waals surface area contributed by atoms with E-state index in [4.69, 9.17) is 4.74 Å². The van der Waals surface area contributed by atoms with Gasteiger partial charge in [0.15, 0.2) is 0 Å². The SMILES string of the molecule is COc1ccccc1-c1cc(=O)[nH]c(N2CCCC2)n1. The van der Waals surface area contributed by atoms with Gasteiger partial charge in [0.05, 0.1) is 12.8 Å². The molecule has 1 aromatic heterocycles. The molecule has 0 radical (unpaired) electrons. The molecule has 1 fully saturated rings. The summed E-state index contributed by atoms with van der Waals surface area (Å²) >= 11 is 0. The van der Waals surface area contributed by atoms with Gasteiger partial charge in [0, 0.05) is 24.7 Å². The molecule has 1 aromatic carbocycles. The van der Waals surface area contributed by atoms with Crippen LogP contribution in [-0.2, 0) is 0 Å². The molecule has 0 amide bonds. The number of hydrogen-bond donors (Lipinski definition) is 1. The molecule has 1 aliphatic rings. The minimum Gasteiger partial charge on any atom is -0.496 e. The van der Waals surface area contributed by atoms with Crippen molar-refractivity contribution in [1.29, 1.82) is 0 Å². The van der Waals surface area contributed by atoms with E-state index in [0.29, 0.717) is 11.6 Å². The number of hydrogen-bond acceptors (Lipinski definition) is 4. The molecule has 1 saturated heterocycles. The first kappa shape index (κ1) is 12.7. The lowest BCUT2D eigenvalue weighted by atomic mass is 10.1. The summed E-state index contributed by atoms with van der Waals surface area (Å²) in [5.74, 6) is 1.37. The Hall–Kier alpha value is -2.30. The van der Waals surface area contributed by atoms with Crippen molar-refractivity contribution >= 4 is 5.95 Å². The monoisotopic (exact) mass is 271 g/mol. The molecule has 0 spiro atoms. The Morgan fingerprint density at radius 3 is 2.75 bits per heavy atom. The fraction of sp³-hybridized carbons (Fsp3) is 0.333. The zero-order chi connectivity index (χ0) is 13.9. The van der Waals surface area contributed by atoms with Crippen molar-refractivity contribution < 1.29 is 4.74 Å². The normalized spacial score (nSPS) is 14.6. The fourth-order valence-electron chi connectivity index (χ4n) is 2.52. The zero-order valence-corrected chi connectivity index (χ0v) is 11.4. The summed E-state index contributed by atoms with van der Waals surface area (Å²) in [5.41, 5.74) is 1.34. The Kier molecular flexibility index (Phi) is 3.41. The lowest BCUT2D eigenvalue weighted by molar-refractivity contribution is 0.416. The van der Waals surface area contributed by atoms with Crippen LogP contribution in [0.4, 0.5) is 5.95 Å². The number of ether oxygens (including phenoxy) is 1. The van der Waals surface area contributed by atoms with E-state index in [2.05, 4.69) is 14.9 Å². The van der Waals surface area contributed by atoms with Crippen molar-refractivity contribution in [3.63, 3.8) is 0 Å². The lowest BCUT2D eigenvalue weighted by Crippen LogP contribution is -2.23. The first-order chi connectivity index (χ1) is 9.78. The van der Waals surface area contributed by atoms with E-state index < -0.39 is 0 Å². The molecule has 3 rings (SSSR count). The molecule has 2 heterocycles. The van der Waals surface area contributed by atoms with Crippen molar-refractivity contribution in [3.05, 3.63) is 40.7 Å². The summed E-state index contributed by atoms with van der Waals surface area (Å²) in [7, 11) is 1.62. The summed E-state index contributed by atoms with van der Waals surface area (Å²) in [5, 5.41) is 0. The average molecular weight is 271 g/mol. The number of nitrogens with zero attached hydrogens (tertiary/aromatic N) is 2. The van der Waals surface area contributed by atoms with Gasteiger partial charge in [-0.3, -0.25) is 9.78 Å². The van der Waals surface area contributed by atoms with E-state index in [1.807, 2.05) is 24.3 Å². The zero-order valence-electron chi connectivity index (χ0n) is 11.4. The number of para-hydroxylation sites is 1. The maximum Gasteiger partial charge on any atom is 0.252 e. The molecule has 0 aliphatic carbocycles. The first-order valence-corrected chi connectivity index (χ1v) is 6.77. The Labute approximate surface area is 117 Å². The van der Waals surface area contributed by atoms with Crippen molar-refractivity contribution in [3.8, 4) is 17.0 Å². The molecule has 0 unspecified atom stereocenters. The standard InChI is InChI=1S/C15H17N3O2/c1-20-13-7-3-2-6-11(13)12-10-14(19)17-15(16-12)18-8-4-5-9-18/h2-3,6-7,10H,4-5,8-9H2,1H3,(H,16,17,19). The Balaban J connectivity index is 2.07. The molecular formula is C15H17N3O2. The van der Waals surface area contributed by atoms with Gasteiger partial charge in [-0.15, -0.1) is 0 Å². The number of benzene rings is 1. The van der Waals surface area contributed by atoms with Gasteiger partial charge in [-0.2, -0.15) is 0 Å².